The van der Waals surface area contributed by atoms with Crippen molar-refractivity contribution in [3.8, 4) is 5.75 Å². The summed E-state index contributed by atoms with van der Waals surface area (Å²) in [4.78, 5) is 27.5. The Hall–Kier alpha value is -2.82. The van der Waals surface area contributed by atoms with Gasteiger partial charge in [-0.1, -0.05) is 49.7 Å². The van der Waals surface area contributed by atoms with Gasteiger partial charge < -0.3 is 15.0 Å². The van der Waals surface area contributed by atoms with Gasteiger partial charge in [0.15, 0.2) is 6.61 Å². The van der Waals surface area contributed by atoms with E-state index in [4.69, 9.17) is 4.74 Å². The Bertz CT molecular complexity index is 921. The van der Waals surface area contributed by atoms with E-state index in [2.05, 4.69) is 11.4 Å². The third-order valence-corrected chi connectivity index (χ3v) is 5.40. The molecule has 168 valence electrons. The van der Waals surface area contributed by atoms with Crippen LogP contribution in [-0.2, 0) is 16.1 Å². The molecule has 0 heterocycles. The maximum Gasteiger partial charge on any atom is 0.261 e. The molecule has 0 spiro atoms. The lowest BCUT2D eigenvalue weighted by atomic mass is 10.1. The average Bonchev–Trinajstić information content (AvgIpc) is 2.71. The van der Waals surface area contributed by atoms with E-state index in [-0.39, 0.29) is 18.4 Å². The van der Waals surface area contributed by atoms with Crippen LogP contribution in [0, 0.1) is 33.6 Å². The highest BCUT2D eigenvalue weighted by molar-refractivity contribution is 5.88. The van der Waals surface area contributed by atoms with Crippen molar-refractivity contribution in [1.82, 2.24) is 10.2 Å². The van der Waals surface area contributed by atoms with Crippen molar-refractivity contribution in [3.63, 3.8) is 0 Å². The lowest BCUT2D eigenvalue weighted by Crippen LogP contribution is -2.49. The minimum atomic E-state index is -0.601. The molecule has 0 aliphatic heterocycles. The molecule has 0 fully saturated rings. The largest absolute Gasteiger partial charge is 0.483 e. The topological polar surface area (TPSA) is 58.6 Å². The summed E-state index contributed by atoms with van der Waals surface area (Å²) >= 11 is 0. The lowest BCUT2D eigenvalue weighted by Gasteiger charge is -2.29. The highest BCUT2D eigenvalue weighted by Crippen LogP contribution is 2.23. The number of amides is 2. The number of carbonyl (C=O) groups excluding carboxylic acids is 2. The van der Waals surface area contributed by atoms with E-state index in [9.17, 15) is 9.59 Å². The molecule has 0 saturated heterocycles. The van der Waals surface area contributed by atoms with E-state index < -0.39 is 6.04 Å². The van der Waals surface area contributed by atoms with Gasteiger partial charge in [-0.25, -0.2) is 0 Å². The van der Waals surface area contributed by atoms with Crippen molar-refractivity contribution in [2.45, 2.75) is 61.1 Å². The van der Waals surface area contributed by atoms with Crippen LogP contribution in [0.2, 0.25) is 0 Å². The Morgan fingerprint density at radius 3 is 2.35 bits per heavy atom. The van der Waals surface area contributed by atoms with Gasteiger partial charge in [-0.3, -0.25) is 9.59 Å². The number of aryl methyl sites for hydroxylation is 3. The monoisotopic (exact) mass is 424 g/mol. The molecule has 0 bridgehead atoms. The van der Waals surface area contributed by atoms with Crippen LogP contribution in [0.15, 0.2) is 36.4 Å². The van der Waals surface area contributed by atoms with Gasteiger partial charge in [-0.2, -0.15) is 0 Å². The van der Waals surface area contributed by atoms with E-state index in [0.717, 1.165) is 27.8 Å². The first kappa shape index (κ1) is 24.4. The van der Waals surface area contributed by atoms with Gasteiger partial charge in [0.05, 0.1) is 0 Å². The Kier molecular flexibility index (Phi) is 8.66. The number of carbonyl (C=O) groups is 2. The second kappa shape index (κ2) is 11.0. The minimum Gasteiger partial charge on any atom is -0.483 e. The van der Waals surface area contributed by atoms with Crippen LogP contribution < -0.4 is 10.1 Å². The molecule has 1 unspecified atom stereocenters. The third kappa shape index (κ3) is 7.12. The molecule has 5 nitrogen and oxygen atoms in total. The van der Waals surface area contributed by atoms with Gasteiger partial charge in [0, 0.05) is 13.1 Å². The van der Waals surface area contributed by atoms with Crippen molar-refractivity contribution in [2.75, 3.05) is 13.2 Å². The average molecular weight is 425 g/mol. The molecular formula is C26H36N2O3. The fourth-order valence-electron chi connectivity index (χ4n) is 3.42. The maximum absolute atomic E-state index is 13.2. The zero-order chi connectivity index (χ0) is 23.1. The van der Waals surface area contributed by atoms with E-state index in [1.807, 2.05) is 71.9 Å². The molecule has 1 N–H and O–H groups in total. The van der Waals surface area contributed by atoms with Crippen LogP contribution in [0.1, 0.15) is 48.6 Å². The molecule has 0 aliphatic carbocycles. The SMILES string of the molecule is Cc1cccc(CN(C(=O)COc2cc(C)cc(C)c2C)C(C)C(=O)NCC(C)C)c1. The van der Waals surface area contributed by atoms with Crippen LogP contribution in [0.3, 0.4) is 0 Å². The summed E-state index contributed by atoms with van der Waals surface area (Å²) in [5, 5.41) is 2.94. The smallest absolute Gasteiger partial charge is 0.261 e. The summed E-state index contributed by atoms with van der Waals surface area (Å²) in [5.74, 6) is 0.677. The summed E-state index contributed by atoms with van der Waals surface area (Å²) in [6.45, 7) is 14.7. The number of ether oxygens (including phenoxy) is 1. The summed E-state index contributed by atoms with van der Waals surface area (Å²) in [6.07, 6.45) is 0. The van der Waals surface area contributed by atoms with Crippen LogP contribution >= 0.6 is 0 Å². The molecule has 2 amide bonds. The molecule has 2 aromatic carbocycles. The number of rotatable bonds is 9. The Labute approximate surface area is 186 Å². The van der Waals surface area contributed by atoms with Gasteiger partial charge in [-0.05, 0) is 68.9 Å². The quantitative estimate of drug-likeness (QED) is 0.645. The van der Waals surface area contributed by atoms with Crippen LogP contribution in [0.5, 0.6) is 5.75 Å². The highest BCUT2D eigenvalue weighted by Gasteiger charge is 2.26. The molecule has 0 saturated carbocycles. The molecule has 0 aliphatic rings. The van der Waals surface area contributed by atoms with Crippen molar-refractivity contribution >= 4 is 11.8 Å². The zero-order valence-corrected chi connectivity index (χ0v) is 19.9. The highest BCUT2D eigenvalue weighted by atomic mass is 16.5. The predicted molar refractivity (Wildman–Crippen MR) is 125 cm³/mol. The molecular weight excluding hydrogens is 388 g/mol. The summed E-state index contributed by atoms with van der Waals surface area (Å²) in [6, 6.07) is 11.4. The zero-order valence-electron chi connectivity index (χ0n) is 19.9. The minimum absolute atomic E-state index is 0.114. The molecule has 1 atom stereocenters. The number of nitrogens with one attached hydrogen (secondary N) is 1. The van der Waals surface area contributed by atoms with Crippen molar-refractivity contribution < 1.29 is 14.3 Å². The number of nitrogens with zero attached hydrogens (tertiary/aromatic N) is 1. The Balaban J connectivity index is 2.20. The molecule has 0 aromatic heterocycles. The molecule has 31 heavy (non-hydrogen) atoms. The fourth-order valence-corrected chi connectivity index (χ4v) is 3.42. The number of hydrogen-bond acceptors (Lipinski definition) is 3. The fraction of sp³-hybridized carbons (Fsp3) is 0.462. The number of hydrogen-bond donors (Lipinski definition) is 1. The maximum atomic E-state index is 13.2. The first-order valence-corrected chi connectivity index (χ1v) is 10.9. The van der Waals surface area contributed by atoms with Crippen molar-refractivity contribution in [2.24, 2.45) is 5.92 Å². The molecule has 2 rings (SSSR count). The Morgan fingerprint density at radius 1 is 1.00 bits per heavy atom. The standard InChI is InChI=1S/C26H36N2O3/c1-17(2)14-27-26(30)22(7)28(15-23-10-8-9-18(3)12-23)25(29)16-31-24-13-19(4)11-20(5)21(24)6/h8-13,17,22H,14-16H2,1-7H3,(H,27,30). The molecule has 5 heteroatoms. The first-order chi connectivity index (χ1) is 14.6. The van der Waals surface area contributed by atoms with Crippen molar-refractivity contribution in [1.29, 1.82) is 0 Å². The van der Waals surface area contributed by atoms with Crippen LogP contribution in [0.25, 0.3) is 0 Å². The second-order valence-electron chi connectivity index (χ2n) is 8.82. The van der Waals surface area contributed by atoms with E-state index in [1.54, 1.807) is 11.8 Å². The van der Waals surface area contributed by atoms with Gasteiger partial charge in [0.2, 0.25) is 5.91 Å². The second-order valence-corrected chi connectivity index (χ2v) is 8.82. The van der Waals surface area contributed by atoms with E-state index in [1.165, 1.54) is 0 Å². The predicted octanol–water partition coefficient (Wildman–Crippen LogP) is 4.49. The van der Waals surface area contributed by atoms with Crippen LogP contribution in [-0.4, -0.2) is 35.9 Å². The molecule has 0 radical (unpaired) electrons. The summed E-state index contributed by atoms with van der Waals surface area (Å²) in [5.41, 5.74) is 5.33. The van der Waals surface area contributed by atoms with E-state index >= 15 is 0 Å². The van der Waals surface area contributed by atoms with E-state index in [0.29, 0.717) is 24.8 Å². The summed E-state index contributed by atoms with van der Waals surface area (Å²) < 4.78 is 5.91. The van der Waals surface area contributed by atoms with Crippen LogP contribution in [0.4, 0.5) is 0 Å². The van der Waals surface area contributed by atoms with Gasteiger partial charge in [0.25, 0.3) is 5.91 Å². The first-order valence-electron chi connectivity index (χ1n) is 10.9. The van der Waals surface area contributed by atoms with Gasteiger partial charge >= 0.3 is 0 Å². The Morgan fingerprint density at radius 2 is 1.71 bits per heavy atom. The lowest BCUT2D eigenvalue weighted by molar-refractivity contribution is -0.142. The normalized spacial score (nSPS) is 11.9. The molecule has 2 aromatic rings. The van der Waals surface area contributed by atoms with Crippen molar-refractivity contribution in [3.05, 3.63) is 64.2 Å². The van der Waals surface area contributed by atoms with Gasteiger partial charge in [-0.15, -0.1) is 0 Å². The number of benzene rings is 2. The summed E-state index contributed by atoms with van der Waals surface area (Å²) in [7, 11) is 0. The third-order valence-electron chi connectivity index (χ3n) is 5.40. The van der Waals surface area contributed by atoms with Gasteiger partial charge in [0.1, 0.15) is 11.8 Å².